The van der Waals surface area contributed by atoms with Crippen LogP contribution in [0.3, 0.4) is 0 Å². The van der Waals surface area contributed by atoms with Crippen LogP contribution in [0.5, 0.6) is 0 Å². The second-order valence-electron chi connectivity index (χ2n) is 6.56. The predicted molar refractivity (Wildman–Crippen MR) is 98.2 cm³/mol. The molecule has 4 nitrogen and oxygen atoms in total. The Balaban J connectivity index is 1.46. The van der Waals surface area contributed by atoms with Crippen molar-refractivity contribution in [3.63, 3.8) is 0 Å². The number of fused-ring (bicyclic) bond motifs is 1. The molecule has 1 aromatic heterocycles. The lowest BCUT2D eigenvalue weighted by atomic mass is 10.0. The molecule has 0 spiro atoms. The Hall–Kier alpha value is -2.59. The van der Waals surface area contributed by atoms with Gasteiger partial charge >= 0.3 is 0 Å². The van der Waals surface area contributed by atoms with E-state index in [9.17, 15) is 9.90 Å². The van der Waals surface area contributed by atoms with Crippen molar-refractivity contribution in [3.05, 3.63) is 72.2 Å². The van der Waals surface area contributed by atoms with Gasteiger partial charge in [-0.3, -0.25) is 4.79 Å². The Morgan fingerprint density at radius 1 is 1.12 bits per heavy atom. The van der Waals surface area contributed by atoms with Gasteiger partial charge in [0.15, 0.2) is 0 Å². The zero-order chi connectivity index (χ0) is 17.7. The fraction of sp³-hybridized carbons (Fsp3) is 0.286. The van der Waals surface area contributed by atoms with Gasteiger partial charge < -0.3 is 14.8 Å². The Labute approximate surface area is 147 Å². The number of hydrogen-bond acceptors (Lipinski definition) is 3. The molecule has 4 heteroatoms. The molecule has 0 aliphatic rings. The average Bonchev–Trinajstić information content (AvgIpc) is 3.16. The van der Waals surface area contributed by atoms with Crippen molar-refractivity contribution in [1.82, 2.24) is 5.32 Å². The van der Waals surface area contributed by atoms with Gasteiger partial charge in [-0.15, -0.1) is 0 Å². The largest absolute Gasteiger partial charge is 0.466 e. The molecule has 0 saturated heterocycles. The summed E-state index contributed by atoms with van der Waals surface area (Å²) in [6.45, 7) is 1.76. The van der Waals surface area contributed by atoms with Crippen LogP contribution in [0.25, 0.3) is 10.8 Å². The van der Waals surface area contributed by atoms with E-state index in [1.807, 2.05) is 12.1 Å². The highest BCUT2D eigenvalue weighted by Gasteiger charge is 2.26. The molecule has 25 heavy (non-hydrogen) atoms. The predicted octanol–water partition coefficient (Wildman–Crippen LogP) is 3.78. The minimum atomic E-state index is -1.20. The van der Waals surface area contributed by atoms with Crippen LogP contribution in [0, 0.1) is 0 Å². The fourth-order valence-corrected chi connectivity index (χ4v) is 2.88. The molecule has 1 amide bonds. The van der Waals surface area contributed by atoms with Crippen LogP contribution >= 0.6 is 0 Å². The Morgan fingerprint density at radius 3 is 2.68 bits per heavy atom. The van der Waals surface area contributed by atoms with E-state index in [0.29, 0.717) is 12.2 Å². The van der Waals surface area contributed by atoms with Crippen molar-refractivity contribution in [1.29, 1.82) is 0 Å². The van der Waals surface area contributed by atoms with E-state index in [1.54, 1.807) is 19.1 Å². The summed E-state index contributed by atoms with van der Waals surface area (Å²) in [6.07, 6.45) is 3.57. The number of carbonyl (C=O) groups excluding carboxylic acids is 1. The monoisotopic (exact) mass is 337 g/mol. The number of furan rings is 1. The molecule has 0 aliphatic heterocycles. The van der Waals surface area contributed by atoms with E-state index in [0.717, 1.165) is 12.8 Å². The SMILES string of the molecule is CC(O)(CNC(=O)CCCc1ccc2ccccc2c1)c1ccco1. The van der Waals surface area contributed by atoms with E-state index in [-0.39, 0.29) is 12.5 Å². The number of hydrogen-bond donors (Lipinski definition) is 2. The van der Waals surface area contributed by atoms with E-state index in [1.165, 1.54) is 22.6 Å². The fourth-order valence-electron chi connectivity index (χ4n) is 2.88. The van der Waals surface area contributed by atoms with Crippen molar-refractivity contribution >= 4 is 16.7 Å². The van der Waals surface area contributed by atoms with Crippen LogP contribution in [0.4, 0.5) is 0 Å². The zero-order valence-electron chi connectivity index (χ0n) is 14.4. The number of nitrogens with one attached hydrogen (secondary N) is 1. The third-order valence-electron chi connectivity index (χ3n) is 4.36. The molecule has 130 valence electrons. The van der Waals surface area contributed by atoms with E-state index >= 15 is 0 Å². The number of rotatable bonds is 7. The van der Waals surface area contributed by atoms with Crippen LogP contribution in [0.2, 0.25) is 0 Å². The van der Waals surface area contributed by atoms with Crippen molar-refractivity contribution in [3.8, 4) is 0 Å². The van der Waals surface area contributed by atoms with Crippen molar-refractivity contribution in [2.45, 2.75) is 31.8 Å². The van der Waals surface area contributed by atoms with Crippen LogP contribution in [-0.4, -0.2) is 17.6 Å². The first-order chi connectivity index (χ1) is 12.0. The molecule has 1 atom stereocenters. The molecule has 2 N–H and O–H groups in total. The normalized spacial score (nSPS) is 13.5. The average molecular weight is 337 g/mol. The highest BCUT2D eigenvalue weighted by molar-refractivity contribution is 5.83. The number of aliphatic hydroxyl groups is 1. The molecule has 0 saturated carbocycles. The van der Waals surface area contributed by atoms with Gasteiger partial charge in [0.2, 0.25) is 5.91 Å². The minimum Gasteiger partial charge on any atom is -0.466 e. The van der Waals surface area contributed by atoms with Crippen LogP contribution in [-0.2, 0) is 16.8 Å². The van der Waals surface area contributed by atoms with Gasteiger partial charge in [0.05, 0.1) is 12.8 Å². The summed E-state index contributed by atoms with van der Waals surface area (Å²) in [5.41, 5.74) is 0.0337. The Morgan fingerprint density at radius 2 is 1.92 bits per heavy atom. The molecule has 1 heterocycles. The highest BCUT2D eigenvalue weighted by Crippen LogP contribution is 2.20. The molecule has 1 unspecified atom stereocenters. The molecule has 2 aromatic carbocycles. The molecule has 3 aromatic rings. The molecule has 0 aliphatic carbocycles. The highest BCUT2D eigenvalue weighted by atomic mass is 16.4. The smallest absolute Gasteiger partial charge is 0.220 e. The second-order valence-corrected chi connectivity index (χ2v) is 6.56. The summed E-state index contributed by atoms with van der Waals surface area (Å²) >= 11 is 0. The summed E-state index contributed by atoms with van der Waals surface area (Å²) in [6, 6.07) is 18.1. The second kappa shape index (κ2) is 7.53. The van der Waals surface area contributed by atoms with Gasteiger partial charge in [-0.05, 0) is 48.2 Å². The summed E-state index contributed by atoms with van der Waals surface area (Å²) in [7, 11) is 0. The van der Waals surface area contributed by atoms with E-state index < -0.39 is 5.60 Å². The maximum Gasteiger partial charge on any atom is 0.220 e. The van der Waals surface area contributed by atoms with E-state index in [2.05, 4.69) is 35.6 Å². The van der Waals surface area contributed by atoms with Gasteiger partial charge in [-0.1, -0.05) is 42.5 Å². The number of aryl methyl sites for hydroxylation is 1. The summed E-state index contributed by atoms with van der Waals surface area (Å²) < 4.78 is 5.20. The third-order valence-corrected chi connectivity index (χ3v) is 4.36. The van der Waals surface area contributed by atoms with Gasteiger partial charge in [0.25, 0.3) is 0 Å². The summed E-state index contributed by atoms with van der Waals surface area (Å²) in [5.74, 6) is 0.386. The van der Waals surface area contributed by atoms with Crippen molar-refractivity contribution < 1.29 is 14.3 Å². The first kappa shape index (κ1) is 17.2. The van der Waals surface area contributed by atoms with Gasteiger partial charge in [0.1, 0.15) is 11.4 Å². The first-order valence-electron chi connectivity index (χ1n) is 8.55. The molecular formula is C21H23NO3. The van der Waals surface area contributed by atoms with Gasteiger partial charge in [-0.25, -0.2) is 0 Å². The lowest BCUT2D eigenvalue weighted by molar-refractivity contribution is -0.122. The summed E-state index contributed by atoms with van der Waals surface area (Å²) in [5, 5.41) is 15.5. The lowest BCUT2D eigenvalue weighted by Crippen LogP contribution is -2.38. The molecule has 0 fully saturated rings. The van der Waals surface area contributed by atoms with Crippen molar-refractivity contribution in [2.24, 2.45) is 0 Å². The van der Waals surface area contributed by atoms with Crippen LogP contribution in [0.15, 0.2) is 65.3 Å². The molecule has 3 rings (SSSR count). The minimum absolute atomic E-state index is 0.0624. The van der Waals surface area contributed by atoms with Crippen LogP contribution < -0.4 is 5.32 Å². The summed E-state index contributed by atoms with van der Waals surface area (Å²) in [4.78, 5) is 12.0. The topological polar surface area (TPSA) is 62.5 Å². The third kappa shape index (κ3) is 4.48. The first-order valence-corrected chi connectivity index (χ1v) is 8.55. The lowest BCUT2D eigenvalue weighted by Gasteiger charge is -2.21. The Kier molecular flexibility index (Phi) is 5.19. The van der Waals surface area contributed by atoms with Crippen molar-refractivity contribution in [2.75, 3.05) is 6.54 Å². The Bertz CT molecular complexity index is 837. The van der Waals surface area contributed by atoms with Gasteiger partial charge in [-0.2, -0.15) is 0 Å². The zero-order valence-corrected chi connectivity index (χ0v) is 14.4. The maximum atomic E-state index is 12.0. The molecule has 0 radical (unpaired) electrons. The van der Waals surface area contributed by atoms with E-state index in [4.69, 9.17) is 4.42 Å². The van der Waals surface area contributed by atoms with Crippen LogP contribution in [0.1, 0.15) is 31.1 Å². The van der Waals surface area contributed by atoms with Gasteiger partial charge in [0, 0.05) is 6.42 Å². The quantitative estimate of drug-likeness (QED) is 0.690. The maximum absolute atomic E-state index is 12.0. The number of amides is 1. The number of benzene rings is 2. The number of carbonyl (C=O) groups is 1. The molecular weight excluding hydrogens is 314 g/mol. The molecule has 0 bridgehead atoms. The standard InChI is InChI=1S/C21H23NO3/c1-21(24,19-9-5-13-25-19)15-22-20(23)10-4-6-16-11-12-17-7-2-3-8-18(17)14-16/h2-3,5,7-9,11-14,24H,4,6,10,15H2,1H3,(H,22,23).